The average Bonchev–Trinajstić information content (AvgIpc) is 2.79. The molecule has 3 rings (SSSR count). The smallest absolute Gasteiger partial charge is 0.422 e. The number of carbonyl (C=O) groups excluding carboxylic acids is 2. The molecule has 208 valence electrons. The van der Waals surface area contributed by atoms with Gasteiger partial charge in [-0.1, -0.05) is 12.1 Å². The molecule has 0 atom stereocenters. The van der Waals surface area contributed by atoms with Crippen molar-refractivity contribution in [3.05, 3.63) is 62.2 Å². The molecule has 2 N–H and O–H groups in total. The summed E-state index contributed by atoms with van der Waals surface area (Å²) < 4.78 is 72.9. The molecule has 0 aliphatic carbocycles. The van der Waals surface area contributed by atoms with Crippen molar-refractivity contribution in [1.29, 1.82) is 0 Å². The zero-order chi connectivity index (χ0) is 28.3. The molecule has 2 amide bonds. The van der Waals surface area contributed by atoms with Crippen LogP contribution in [0, 0.1) is 3.57 Å². The molecule has 1 heterocycles. The van der Waals surface area contributed by atoms with Crippen molar-refractivity contribution in [1.82, 2.24) is 15.3 Å². The van der Waals surface area contributed by atoms with Gasteiger partial charge in [-0.25, -0.2) is 18.6 Å². The maximum Gasteiger partial charge on any atom is 0.422 e. The van der Waals surface area contributed by atoms with Crippen LogP contribution in [0.1, 0.15) is 54.2 Å². The topological polar surface area (TPSA) is 73.9 Å². The standard InChI is InChI=1S/C25H28F5IN4O3/c1-24(2,3)38-23(37)33-35-10-8-34(9-11-35)14-16-4-6-17(13-19(16)25(28,29)30)32-22(36)15-5-7-18(21(26)27)20(31)12-15/h4-7,12-13,21H,8-11,14H2,1-3H3,(H,32,36)(H,33,37). The van der Waals surface area contributed by atoms with Crippen LogP contribution in [0.5, 0.6) is 0 Å². The van der Waals surface area contributed by atoms with E-state index in [2.05, 4.69) is 10.7 Å². The summed E-state index contributed by atoms with van der Waals surface area (Å²) in [5.41, 5.74) is 0.900. The summed E-state index contributed by atoms with van der Waals surface area (Å²) in [5.74, 6) is -0.710. The fourth-order valence-corrected chi connectivity index (χ4v) is 4.54. The zero-order valence-corrected chi connectivity index (χ0v) is 23.1. The highest BCUT2D eigenvalue weighted by atomic mass is 127. The van der Waals surface area contributed by atoms with E-state index in [9.17, 15) is 31.5 Å². The van der Waals surface area contributed by atoms with Crippen LogP contribution in [-0.4, -0.2) is 53.7 Å². The molecule has 38 heavy (non-hydrogen) atoms. The summed E-state index contributed by atoms with van der Waals surface area (Å²) in [6.07, 6.45) is -7.96. The Balaban J connectivity index is 1.65. The van der Waals surface area contributed by atoms with Gasteiger partial charge in [0.05, 0.1) is 5.56 Å². The highest BCUT2D eigenvalue weighted by Crippen LogP contribution is 2.35. The summed E-state index contributed by atoms with van der Waals surface area (Å²) in [6.45, 7) is 6.89. The van der Waals surface area contributed by atoms with Gasteiger partial charge in [0.15, 0.2) is 0 Å². The van der Waals surface area contributed by atoms with Crippen molar-refractivity contribution in [3.8, 4) is 0 Å². The Morgan fingerprint density at radius 2 is 1.68 bits per heavy atom. The largest absolute Gasteiger partial charge is 0.443 e. The number of hydrogen-bond donors (Lipinski definition) is 2. The van der Waals surface area contributed by atoms with Crippen LogP contribution in [0.3, 0.4) is 0 Å². The maximum atomic E-state index is 13.9. The number of piperazine rings is 1. The number of anilines is 1. The molecule has 0 radical (unpaired) electrons. The van der Waals surface area contributed by atoms with Gasteiger partial charge in [-0.05, 0) is 73.2 Å². The first-order chi connectivity index (χ1) is 17.6. The number of carbonyl (C=O) groups is 2. The molecule has 7 nitrogen and oxygen atoms in total. The van der Waals surface area contributed by atoms with Crippen LogP contribution in [0.2, 0.25) is 0 Å². The number of rotatable bonds is 6. The number of hydrogen-bond acceptors (Lipinski definition) is 5. The first-order valence-corrected chi connectivity index (χ1v) is 12.8. The van der Waals surface area contributed by atoms with Gasteiger partial charge in [-0.3, -0.25) is 15.1 Å². The minimum atomic E-state index is -4.66. The third-order valence-electron chi connectivity index (χ3n) is 5.59. The summed E-state index contributed by atoms with van der Waals surface area (Å²) in [5, 5.41) is 4.07. The van der Waals surface area contributed by atoms with Crippen LogP contribution >= 0.6 is 22.6 Å². The summed E-state index contributed by atoms with van der Waals surface area (Å²) in [6, 6.07) is 7.14. The normalized spacial score (nSPS) is 15.4. The minimum Gasteiger partial charge on any atom is -0.443 e. The third-order valence-corrected chi connectivity index (χ3v) is 6.52. The van der Waals surface area contributed by atoms with Gasteiger partial charge in [0, 0.05) is 53.1 Å². The monoisotopic (exact) mass is 654 g/mol. The molecule has 0 bridgehead atoms. The van der Waals surface area contributed by atoms with Crippen LogP contribution < -0.4 is 10.7 Å². The van der Waals surface area contributed by atoms with Crippen molar-refractivity contribution in [2.75, 3.05) is 31.5 Å². The Bertz CT molecular complexity index is 1160. The molecular formula is C25H28F5IN4O3. The lowest BCUT2D eigenvalue weighted by Gasteiger charge is -2.35. The van der Waals surface area contributed by atoms with Crippen molar-refractivity contribution >= 4 is 40.3 Å². The molecular weight excluding hydrogens is 626 g/mol. The van der Waals surface area contributed by atoms with Gasteiger partial charge in [-0.2, -0.15) is 13.2 Å². The van der Waals surface area contributed by atoms with Crippen molar-refractivity contribution < 1.29 is 36.3 Å². The molecule has 2 aromatic rings. The molecule has 13 heteroatoms. The first kappa shape index (κ1) is 30.0. The highest BCUT2D eigenvalue weighted by molar-refractivity contribution is 14.1. The second-order valence-electron chi connectivity index (χ2n) is 9.74. The third kappa shape index (κ3) is 8.50. The van der Waals surface area contributed by atoms with E-state index in [-0.39, 0.29) is 32.5 Å². The molecule has 1 aliphatic rings. The van der Waals surface area contributed by atoms with E-state index >= 15 is 0 Å². The minimum absolute atomic E-state index is 0.0244. The number of nitrogens with zero attached hydrogens (tertiary/aromatic N) is 2. The SMILES string of the molecule is CC(C)(C)OC(=O)NN1CCN(Cc2ccc(NC(=O)c3ccc(C(F)F)c(I)c3)cc2C(F)(F)F)CC1. The van der Waals surface area contributed by atoms with Crippen molar-refractivity contribution in [2.45, 2.75) is 45.5 Å². The molecule has 1 fully saturated rings. The summed E-state index contributed by atoms with van der Waals surface area (Å²) in [4.78, 5) is 26.3. The van der Waals surface area contributed by atoms with E-state index in [1.165, 1.54) is 24.3 Å². The number of halogens is 6. The van der Waals surface area contributed by atoms with E-state index in [1.54, 1.807) is 48.4 Å². The molecule has 0 spiro atoms. The fourth-order valence-electron chi connectivity index (χ4n) is 3.79. The van der Waals surface area contributed by atoms with Crippen LogP contribution in [0.15, 0.2) is 36.4 Å². The number of alkyl halides is 5. The lowest BCUT2D eigenvalue weighted by Crippen LogP contribution is -2.54. The number of amides is 2. The quantitative estimate of drug-likeness (QED) is 0.293. The molecule has 1 aliphatic heterocycles. The van der Waals surface area contributed by atoms with Gasteiger partial charge in [0.2, 0.25) is 0 Å². The summed E-state index contributed by atoms with van der Waals surface area (Å²) >= 11 is 1.68. The number of nitrogens with one attached hydrogen (secondary N) is 2. The van der Waals surface area contributed by atoms with Gasteiger partial charge >= 0.3 is 12.3 Å². The predicted molar refractivity (Wildman–Crippen MR) is 140 cm³/mol. The Morgan fingerprint density at radius 3 is 2.24 bits per heavy atom. The van der Waals surface area contributed by atoms with Crippen LogP contribution in [0.4, 0.5) is 32.4 Å². The second-order valence-corrected chi connectivity index (χ2v) is 10.9. The Hall–Kier alpha value is -2.52. The van der Waals surface area contributed by atoms with Gasteiger partial charge in [0.25, 0.3) is 12.3 Å². The molecule has 0 aromatic heterocycles. The van der Waals surface area contributed by atoms with E-state index in [1.807, 2.05) is 4.90 Å². The first-order valence-electron chi connectivity index (χ1n) is 11.7. The van der Waals surface area contributed by atoms with E-state index in [0.29, 0.717) is 26.2 Å². The van der Waals surface area contributed by atoms with E-state index in [4.69, 9.17) is 4.74 Å². The Kier molecular flexibility index (Phi) is 9.57. The van der Waals surface area contributed by atoms with Gasteiger partial charge in [-0.15, -0.1) is 0 Å². The van der Waals surface area contributed by atoms with Crippen LogP contribution in [0.25, 0.3) is 0 Å². The highest BCUT2D eigenvalue weighted by Gasteiger charge is 2.34. The maximum absolute atomic E-state index is 13.9. The molecule has 0 unspecified atom stereocenters. The number of ether oxygens (including phenoxy) is 1. The number of hydrazine groups is 1. The van der Waals surface area contributed by atoms with E-state index in [0.717, 1.165) is 12.1 Å². The average molecular weight is 654 g/mol. The Morgan fingerprint density at radius 1 is 1.03 bits per heavy atom. The zero-order valence-electron chi connectivity index (χ0n) is 21.0. The lowest BCUT2D eigenvalue weighted by molar-refractivity contribution is -0.138. The predicted octanol–water partition coefficient (Wildman–Crippen LogP) is 6.06. The fraction of sp³-hybridized carbons (Fsp3) is 0.440. The molecule has 2 aromatic carbocycles. The number of benzene rings is 2. The second kappa shape index (κ2) is 12.1. The van der Waals surface area contributed by atoms with Crippen molar-refractivity contribution in [2.24, 2.45) is 0 Å². The van der Waals surface area contributed by atoms with E-state index < -0.39 is 35.8 Å². The molecule has 1 saturated heterocycles. The van der Waals surface area contributed by atoms with Gasteiger partial charge in [0.1, 0.15) is 5.60 Å². The Labute approximate surface area is 230 Å². The van der Waals surface area contributed by atoms with Crippen LogP contribution in [-0.2, 0) is 17.5 Å². The van der Waals surface area contributed by atoms with Gasteiger partial charge < -0.3 is 10.1 Å². The lowest BCUT2D eigenvalue weighted by atomic mass is 10.0. The molecule has 0 saturated carbocycles. The van der Waals surface area contributed by atoms with Crippen molar-refractivity contribution in [3.63, 3.8) is 0 Å². The summed E-state index contributed by atoms with van der Waals surface area (Å²) in [7, 11) is 0.